The number of anilines is 3. The van der Waals surface area contributed by atoms with Gasteiger partial charge in [-0.05, 0) is 30.4 Å². The summed E-state index contributed by atoms with van der Waals surface area (Å²) in [4.78, 5) is 20.5. The summed E-state index contributed by atoms with van der Waals surface area (Å²) in [6.07, 6.45) is 6.67. The average Bonchev–Trinajstić information content (AvgIpc) is 3.05. The SMILES string of the molecule is CC[C@@H]1C[C@@H]2C=CCOc3cccc(c3)Nc3ncc(F)c(n3)N[C@H]2[C@H]1C(N)=O. The molecule has 2 heterocycles. The minimum Gasteiger partial charge on any atom is -0.489 e. The third-order valence-corrected chi connectivity index (χ3v) is 5.65. The highest BCUT2D eigenvalue weighted by Gasteiger charge is 2.44. The molecule has 0 saturated heterocycles. The zero-order valence-corrected chi connectivity index (χ0v) is 16.1. The number of aromatic nitrogens is 2. The fourth-order valence-corrected chi connectivity index (χ4v) is 4.28. The van der Waals surface area contributed by atoms with Gasteiger partial charge in [-0.2, -0.15) is 4.98 Å². The number of rotatable bonds is 2. The number of benzene rings is 1. The number of nitrogens with one attached hydrogen (secondary N) is 2. The van der Waals surface area contributed by atoms with Gasteiger partial charge >= 0.3 is 0 Å². The molecule has 1 fully saturated rings. The number of nitrogens with zero attached hydrogens (tertiary/aromatic N) is 2. The van der Waals surface area contributed by atoms with Gasteiger partial charge in [0.15, 0.2) is 11.6 Å². The number of fused-ring (bicyclic) bond motifs is 5. The van der Waals surface area contributed by atoms with Gasteiger partial charge in [-0.1, -0.05) is 31.6 Å². The molecule has 8 heteroatoms. The van der Waals surface area contributed by atoms with Crippen LogP contribution in [-0.4, -0.2) is 28.5 Å². The van der Waals surface area contributed by atoms with Crippen LogP contribution in [0.15, 0.2) is 42.6 Å². The molecule has 1 saturated carbocycles. The lowest BCUT2D eigenvalue weighted by molar-refractivity contribution is -0.123. The highest BCUT2D eigenvalue weighted by molar-refractivity contribution is 5.79. The second-order valence-corrected chi connectivity index (χ2v) is 7.45. The van der Waals surface area contributed by atoms with Crippen LogP contribution < -0.4 is 21.1 Å². The summed E-state index contributed by atoms with van der Waals surface area (Å²) in [6.45, 7) is 2.43. The zero-order chi connectivity index (χ0) is 20.4. The summed E-state index contributed by atoms with van der Waals surface area (Å²) in [5.41, 5.74) is 6.45. The van der Waals surface area contributed by atoms with Crippen molar-refractivity contribution in [2.75, 3.05) is 17.2 Å². The fourth-order valence-electron chi connectivity index (χ4n) is 4.28. The van der Waals surface area contributed by atoms with E-state index in [0.29, 0.717) is 12.4 Å². The standard InChI is InChI=1S/C21H24FN5O2/c1-2-12-9-13-5-4-8-29-15-7-3-6-14(10-15)25-21-24-11-16(22)20(27-21)26-18(13)17(12)19(23)28/h3-7,10-13,17-18H,2,8-9H2,1H3,(H2,23,28)(H2,24,25,26,27)/t12-,13+,17+,18-/m1/s1. The van der Waals surface area contributed by atoms with Gasteiger partial charge in [-0.15, -0.1) is 0 Å². The number of carbonyl (C=O) groups is 1. The maximum absolute atomic E-state index is 14.5. The molecule has 0 radical (unpaired) electrons. The van der Waals surface area contributed by atoms with Crippen molar-refractivity contribution in [1.29, 1.82) is 0 Å². The molecule has 4 atom stereocenters. The second-order valence-electron chi connectivity index (χ2n) is 7.45. The van der Waals surface area contributed by atoms with E-state index in [2.05, 4.69) is 20.6 Å². The van der Waals surface area contributed by atoms with Crippen LogP contribution in [0.4, 0.5) is 21.8 Å². The molecule has 152 valence electrons. The van der Waals surface area contributed by atoms with Crippen molar-refractivity contribution < 1.29 is 13.9 Å². The zero-order valence-electron chi connectivity index (χ0n) is 16.1. The largest absolute Gasteiger partial charge is 0.489 e. The Hall–Kier alpha value is -3.16. The van der Waals surface area contributed by atoms with Crippen molar-refractivity contribution in [3.8, 4) is 5.75 Å². The number of ether oxygens (including phenoxy) is 1. The van der Waals surface area contributed by atoms with E-state index in [9.17, 15) is 9.18 Å². The van der Waals surface area contributed by atoms with Crippen LogP contribution in [0.5, 0.6) is 5.75 Å². The van der Waals surface area contributed by atoms with Crippen molar-refractivity contribution in [3.63, 3.8) is 0 Å². The molecule has 7 nitrogen and oxygen atoms in total. The van der Waals surface area contributed by atoms with E-state index in [4.69, 9.17) is 10.5 Å². The summed E-state index contributed by atoms with van der Waals surface area (Å²) in [6, 6.07) is 7.03. The third-order valence-electron chi connectivity index (χ3n) is 5.65. The van der Waals surface area contributed by atoms with E-state index in [1.165, 1.54) is 0 Å². The summed E-state index contributed by atoms with van der Waals surface area (Å²) >= 11 is 0. The number of primary amides is 1. The van der Waals surface area contributed by atoms with E-state index in [-0.39, 0.29) is 35.6 Å². The molecule has 1 amide bonds. The Morgan fingerprint density at radius 2 is 2.28 bits per heavy atom. The summed E-state index contributed by atoms with van der Waals surface area (Å²) in [7, 11) is 0. The van der Waals surface area contributed by atoms with Crippen LogP contribution in [0.2, 0.25) is 0 Å². The number of amides is 1. The molecule has 1 aromatic heterocycles. The average molecular weight is 397 g/mol. The van der Waals surface area contributed by atoms with Gasteiger partial charge in [0.25, 0.3) is 0 Å². The van der Waals surface area contributed by atoms with Crippen LogP contribution >= 0.6 is 0 Å². The number of nitrogens with two attached hydrogens (primary N) is 1. The van der Waals surface area contributed by atoms with E-state index >= 15 is 0 Å². The first kappa shape index (κ1) is 19.2. The van der Waals surface area contributed by atoms with E-state index in [1.807, 2.05) is 43.3 Å². The van der Waals surface area contributed by atoms with Crippen LogP contribution in [0.3, 0.4) is 0 Å². The van der Waals surface area contributed by atoms with Gasteiger partial charge in [-0.3, -0.25) is 4.79 Å². The molecular weight excluding hydrogens is 373 g/mol. The van der Waals surface area contributed by atoms with Crippen LogP contribution in [-0.2, 0) is 4.79 Å². The predicted molar refractivity (Wildman–Crippen MR) is 108 cm³/mol. The smallest absolute Gasteiger partial charge is 0.229 e. The van der Waals surface area contributed by atoms with Crippen molar-refractivity contribution in [1.82, 2.24) is 9.97 Å². The van der Waals surface area contributed by atoms with Gasteiger partial charge in [0, 0.05) is 17.8 Å². The Bertz CT molecular complexity index is 935. The quantitative estimate of drug-likeness (QED) is 0.673. The molecular formula is C21H24FN5O2. The van der Waals surface area contributed by atoms with Crippen molar-refractivity contribution >= 4 is 23.4 Å². The lowest BCUT2D eigenvalue weighted by Crippen LogP contribution is -2.40. The lowest BCUT2D eigenvalue weighted by atomic mass is 9.90. The molecule has 29 heavy (non-hydrogen) atoms. The second kappa shape index (κ2) is 8.06. The third kappa shape index (κ3) is 4.01. The van der Waals surface area contributed by atoms with E-state index in [0.717, 1.165) is 24.7 Å². The van der Waals surface area contributed by atoms with Crippen LogP contribution in [0.1, 0.15) is 19.8 Å². The normalized spacial score (nSPS) is 25.7. The Labute approximate surface area is 168 Å². The van der Waals surface area contributed by atoms with Crippen LogP contribution in [0.25, 0.3) is 0 Å². The van der Waals surface area contributed by atoms with Crippen molar-refractivity contribution in [2.24, 2.45) is 23.5 Å². The first-order valence-electron chi connectivity index (χ1n) is 9.80. The van der Waals surface area contributed by atoms with Crippen molar-refractivity contribution in [2.45, 2.75) is 25.8 Å². The fraction of sp³-hybridized carbons (Fsp3) is 0.381. The Morgan fingerprint density at radius 1 is 1.41 bits per heavy atom. The highest BCUT2D eigenvalue weighted by Crippen LogP contribution is 2.41. The van der Waals surface area contributed by atoms with Gasteiger partial charge < -0.3 is 21.1 Å². The van der Waals surface area contributed by atoms with Crippen LogP contribution in [0, 0.1) is 23.6 Å². The lowest BCUT2D eigenvalue weighted by Gasteiger charge is -2.25. The molecule has 4 N–H and O–H groups in total. The monoisotopic (exact) mass is 397 g/mol. The minimum atomic E-state index is -0.578. The molecule has 0 unspecified atom stereocenters. The molecule has 1 aliphatic carbocycles. The van der Waals surface area contributed by atoms with E-state index in [1.54, 1.807) is 0 Å². The molecule has 0 spiro atoms. The molecule has 2 aliphatic rings. The molecule has 4 bridgehead atoms. The highest BCUT2D eigenvalue weighted by atomic mass is 19.1. The first-order chi connectivity index (χ1) is 14.0. The Kier molecular flexibility index (Phi) is 5.33. The van der Waals surface area contributed by atoms with Gasteiger partial charge in [0.05, 0.1) is 12.1 Å². The molecule has 4 rings (SSSR count). The first-order valence-corrected chi connectivity index (χ1v) is 9.80. The summed E-state index contributed by atoms with van der Waals surface area (Å²) in [5.74, 6) is -0.260. The minimum absolute atomic E-state index is 0.00102. The van der Waals surface area contributed by atoms with Gasteiger partial charge in [0.1, 0.15) is 12.4 Å². The molecule has 1 aliphatic heterocycles. The summed E-state index contributed by atoms with van der Waals surface area (Å²) in [5, 5.41) is 6.21. The van der Waals surface area contributed by atoms with Crippen molar-refractivity contribution in [3.05, 3.63) is 48.4 Å². The Morgan fingerprint density at radius 3 is 3.07 bits per heavy atom. The predicted octanol–water partition coefficient (Wildman–Crippen LogP) is 3.24. The van der Waals surface area contributed by atoms with Gasteiger partial charge in [-0.25, -0.2) is 9.37 Å². The number of hydrogen-bond acceptors (Lipinski definition) is 6. The molecule has 1 aromatic carbocycles. The van der Waals surface area contributed by atoms with E-state index < -0.39 is 11.7 Å². The number of hydrogen-bond donors (Lipinski definition) is 3. The van der Waals surface area contributed by atoms with Gasteiger partial charge in [0.2, 0.25) is 11.9 Å². The summed E-state index contributed by atoms with van der Waals surface area (Å²) < 4.78 is 20.3. The Balaban J connectivity index is 1.75. The molecule has 2 aromatic rings. The maximum atomic E-state index is 14.5. The number of carbonyl (C=O) groups excluding carboxylic acids is 1. The maximum Gasteiger partial charge on any atom is 0.229 e. The number of halogens is 1. The topological polar surface area (TPSA) is 102 Å².